The van der Waals surface area contributed by atoms with Crippen molar-refractivity contribution in [2.24, 2.45) is 0 Å². The molecular formula is C23H32N2O2. The lowest BCUT2D eigenvalue weighted by atomic mass is 10.0. The van der Waals surface area contributed by atoms with Gasteiger partial charge in [-0.2, -0.15) is 0 Å². The molecule has 0 saturated carbocycles. The Hall–Kier alpha value is -2.33. The standard InChI is InChI=1S/C23H32N2O2/c1-5-6-9-18-12-14-19(15-13-18)16-23(26)24-17-21(25(2)3)20-10-7-8-11-22(20)27-4/h7-8,10-15,21H,5-6,9,16-17H2,1-4H3,(H,24,26). The van der Waals surface area contributed by atoms with Gasteiger partial charge >= 0.3 is 0 Å². The van der Waals surface area contributed by atoms with Gasteiger partial charge in [-0.1, -0.05) is 55.8 Å². The zero-order valence-electron chi connectivity index (χ0n) is 17.0. The molecular weight excluding hydrogens is 336 g/mol. The van der Waals surface area contributed by atoms with E-state index in [9.17, 15) is 4.79 Å². The van der Waals surface area contributed by atoms with Crippen LogP contribution in [0.25, 0.3) is 0 Å². The van der Waals surface area contributed by atoms with Crippen molar-refractivity contribution in [3.63, 3.8) is 0 Å². The summed E-state index contributed by atoms with van der Waals surface area (Å²) in [5.41, 5.74) is 3.46. The van der Waals surface area contributed by atoms with E-state index in [0.717, 1.165) is 23.3 Å². The molecule has 1 unspecified atom stereocenters. The van der Waals surface area contributed by atoms with Crippen molar-refractivity contribution in [1.29, 1.82) is 0 Å². The Labute approximate surface area is 163 Å². The topological polar surface area (TPSA) is 41.6 Å². The molecule has 27 heavy (non-hydrogen) atoms. The summed E-state index contributed by atoms with van der Waals surface area (Å²) in [6.45, 7) is 2.74. The van der Waals surface area contributed by atoms with E-state index in [1.807, 2.05) is 38.4 Å². The maximum absolute atomic E-state index is 12.4. The number of hydrogen-bond donors (Lipinski definition) is 1. The summed E-state index contributed by atoms with van der Waals surface area (Å²) >= 11 is 0. The van der Waals surface area contributed by atoms with Crippen molar-refractivity contribution in [2.45, 2.75) is 38.6 Å². The van der Waals surface area contributed by atoms with Crippen molar-refractivity contribution in [1.82, 2.24) is 10.2 Å². The molecule has 1 N–H and O–H groups in total. The number of benzene rings is 2. The summed E-state index contributed by atoms with van der Waals surface area (Å²) < 4.78 is 5.48. The number of ether oxygens (including phenoxy) is 1. The molecule has 2 rings (SSSR count). The number of aryl methyl sites for hydroxylation is 1. The highest BCUT2D eigenvalue weighted by molar-refractivity contribution is 5.78. The number of rotatable bonds is 10. The van der Waals surface area contributed by atoms with E-state index in [2.05, 4.69) is 41.4 Å². The molecule has 0 aliphatic heterocycles. The summed E-state index contributed by atoms with van der Waals surface area (Å²) in [5, 5.41) is 3.08. The molecule has 0 radical (unpaired) electrons. The molecule has 2 aromatic rings. The molecule has 0 bridgehead atoms. The average Bonchev–Trinajstić information content (AvgIpc) is 2.67. The van der Waals surface area contributed by atoms with Crippen molar-refractivity contribution in [3.05, 3.63) is 65.2 Å². The second-order valence-electron chi connectivity index (χ2n) is 7.12. The third-order valence-corrected chi connectivity index (χ3v) is 4.82. The first-order chi connectivity index (χ1) is 13.0. The molecule has 0 fully saturated rings. The number of para-hydroxylation sites is 1. The highest BCUT2D eigenvalue weighted by Gasteiger charge is 2.19. The largest absolute Gasteiger partial charge is 0.496 e. The molecule has 146 valence electrons. The van der Waals surface area contributed by atoms with Crippen LogP contribution >= 0.6 is 0 Å². The lowest BCUT2D eigenvalue weighted by Gasteiger charge is -2.26. The average molecular weight is 369 g/mol. The van der Waals surface area contributed by atoms with E-state index >= 15 is 0 Å². The Morgan fingerprint density at radius 2 is 1.74 bits per heavy atom. The maximum Gasteiger partial charge on any atom is 0.224 e. The molecule has 1 atom stereocenters. The molecule has 2 aromatic carbocycles. The lowest BCUT2D eigenvalue weighted by Crippen LogP contribution is -2.35. The van der Waals surface area contributed by atoms with E-state index in [1.165, 1.54) is 18.4 Å². The number of unbranched alkanes of at least 4 members (excludes halogenated alkanes) is 1. The van der Waals surface area contributed by atoms with Gasteiger partial charge in [-0.3, -0.25) is 4.79 Å². The number of amides is 1. The Kier molecular flexibility index (Phi) is 8.34. The zero-order chi connectivity index (χ0) is 19.6. The number of likely N-dealkylation sites (N-methyl/N-ethyl adjacent to an activating group) is 1. The number of carbonyl (C=O) groups is 1. The van der Waals surface area contributed by atoms with Gasteiger partial charge in [0.25, 0.3) is 0 Å². The molecule has 0 saturated heterocycles. The Morgan fingerprint density at radius 1 is 1.07 bits per heavy atom. The molecule has 4 heteroatoms. The first-order valence-corrected chi connectivity index (χ1v) is 9.69. The minimum Gasteiger partial charge on any atom is -0.496 e. The molecule has 1 amide bonds. The third-order valence-electron chi connectivity index (χ3n) is 4.82. The van der Waals surface area contributed by atoms with Gasteiger partial charge in [0.05, 0.1) is 19.6 Å². The fourth-order valence-corrected chi connectivity index (χ4v) is 3.18. The molecule has 0 aromatic heterocycles. The lowest BCUT2D eigenvalue weighted by molar-refractivity contribution is -0.120. The van der Waals surface area contributed by atoms with Crippen molar-refractivity contribution < 1.29 is 9.53 Å². The van der Waals surface area contributed by atoms with Crippen molar-refractivity contribution in [3.8, 4) is 5.75 Å². The predicted octanol–water partition coefficient (Wildman–Crippen LogP) is 4.00. The molecule has 4 nitrogen and oxygen atoms in total. The minimum absolute atomic E-state index is 0.0399. The monoisotopic (exact) mass is 368 g/mol. The number of hydrogen-bond acceptors (Lipinski definition) is 3. The van der Waals surface area contributed by atoms with Gasteiger partial charge in [0.15, 0.2) is 0 Å². The number of carbonyl (C=O) groups excluding carboxylic acids is 1. The first-order valence-electron chi connectivity index (χ1n) is 9.69. The second kappa shape index (κ2) is 10.7. The number of nitrogens with zero attached hydrogens (tertiary/aromatic N) is 1. The van der Waals surface area contributed by atoms with Gasteiger partial charge in [-0.25, -0.2) is 0 Å². The van der Waals surface area contributed by atoms with Crippen LogP contribution < -0.4 is 10.1 Å². The normalized spacial score (nSPS) is 12.0. The van der Waals surface area contributed by atoms with Crippen LogP contribution in [0.3, 0.4) is 0 Å². The highest BCUT2D eigenvalue weighted by atomic mass is 16.5. The second-order valence-corrected chi connectivity index (χ2v) is 7.12. The fourth-order valence-electron chi connectivity index (χ4n) is 3.18. The van der Waals surface area contributed by atoms with Crippen molar-refractivity contribution in [2.75, 3.05) is 27.7 Å². The first kappa shape index (κ1) is 21.0. The summed E-state index contributed by atoms with van der Waals surface area (Å²) in [4.78, 5) is 14.5. The number of methoxy groups -OCH3 is 1. The molecule has 0 heterocycles. The van der Waals surface area contributed by atoms with Crippen LogP contribution in [0.5, 0.6) is 5.75 Å². The third kappa shape index (κ3) is 6.40. The van der Waals surface area contributed by atoms with Gasteiger partial charge in [-0.05, 0) is 44.1 Å². The smallest absolute Gasteiger partial charge is 0.224 e. The Balaban J connectivity index is 1.94. The van der Waals surface area contributed by atoms with Crippen LogP contribution in [0.2, 0.25) is 0 Å². The van der Waals surface area contributed by atoms with Gasteiger partial charge in [0, 0.05) is 12.1 Å². The van der Waals surface area contributed by atoms with Crippen LogP contribution in [0, 0.1) is 0 Å². The zero-order valence-corrected chi connectivity index (χ0v) is 17.0. The minimum atomic E-state index is 0.0399. The van der Waals surface area contributed by atoms with Crippen LogP contribution in [-0.4, -0.2) is 38.6 Å². The maximum atomic E-state index is 12.4. The van der Waals surface area contributed by atoms with Gasteiger partial charge < -0.3 is 15.0 Å². The number of nitrogens with one attached hydrogen (secondary N) is 1. The van der Waals surface area contributed by atoms with Crippen molar-refractivity contribution >= 4 is 5.91 Å². The Morgan fingerprint density at radius 3 is 2.37 bits per heavy atom. The SMILES string of the molecule is CCCCc1ccc(CC(=O)NCC(c2ccccc2OC)N(C)C)cc1. The van der Waals surface area contributed by atoms with E-state index in [0.29, 0.717) is 13.0 Å². The molecule has 0 spiro atoms. The van der Waals surface area contributed by atoms with E-state index < -0.39 is 0 Å². The predicted molar refractivity (Wildman–Crippen MR) is 111 cm³/mol. The summed E-state index contributed by atoms with van der Waals surface area (Å²) in [5.74, 6) is 0.881. The van der Waals surface area contributed by atoms with Crippen LogP contribution in [-0.2, 0) is 17.6 Å². The quantitative estimate of drug-likeness (QED) is 0.689. The summed E-state index contributed by atoms with van der Waals surface area (Å²) in [6.07, 6.45) is 3.91. The molecule has 0 aliphatic carbocycles. The van der Waals surface area contributed by atoms with Crippen LogP contribution in [0.15, 0.2) is 48.5 Å². The fraction of sp³-hybridized carbons (Fsp3) is 0.435. The van der Waals surface area contributed by atoms with E-state index in [4.69, 9.17) is 4.74 Å². The van der Waals surface area contributed by atoms with Gasteiger partial charge in [0.2, 0.25) is 5.91 Å². The summed E-state index contributed by atoms with van der Waals surface area (Å²) in [7, 11) is 5.70. The van der Waals surface area contributed by atoms with Gasteiger partial charge in [-0.15, -0.1) is 0 Å². The summed E-state index contributed by atoms with van der Waals surface area (Å²) in [6, 6.07) is 16.4. The Bertz CT molecular complexity index is 711. The van der Waals surface area contributed by atoms with E-state index in [1.54, 1.807) is 7.11 Å². The molecule has 0 aliphatic rings. The highest BCUT2D eigenvalue weighted by Crippen LogP contribution is 2.27. The van der Waals surface area contributed by atoms with E-state index in [-0.39, 0.29) is 11.9 Å². The van der Waals surface area contributed by atoms with Crippen LogP contribution in [0.4, 0.5) is 0 Å². The van der Waals surface area contributed by atoms with Gasteiger partial charge in [0.1, 0.15) is 5.75 Å². The van der Waals surface area contributed by atoms with Crippen LogP contribution in [0.1, 0.15) is 42.5 Å².